The molecule has 1 aliphatic rings. The number of nitrogens with zero attached hydrogens (tertiary/aromatic N) is 1. The van der Waals surface area contributed by atoms with E-state index < -0.39 is 5.82 Å². The molecular weight excluding hydrogens is 439 g/mol. The van der Waals surface area contributed by atoms with Crippen molar-refractivity contribution in [3.05, 3.63) is 82.0 Å². The molecule has 0 saturated carbocycles. The number of quaternary nitrogens is 1. The third kappa shape index (κ3) is 4.81. The fourth-order valence-electron chi connectivity index (χ4n) is 4.16. The standard InChI is InChI=1S/C25H25FN4O4/c1-34-21-10-20(14-31)30(13-21)25(33)15-2-5-19(6-3-15)28-12-17(11-27)22-9-16-8-18(26)4-7-23(16)29-24(22)32/h2-9,11-12,20-21,27-28,31H,10,13-14H2,1H3,(H,29,32)/p+1. The third-order valence-corrected chi connectivity index (χ3v) is 6.07. The predicted octanol–water partition coefficient (Wildman–Crippen LogP) is 1.77. The number of amides is 1. The van der Waals surface area contributed by atoms with Crippen LogP contribution in [0.2, 0.25) is 0 Å². The van der Waals surface area contributed by atoms with Crippen molar-refractivity contribution in [1.82, 2.24) is 9.88 Å². The second-order valence-electron chi connectivity index (χ2n) is 8.19. The summed E-state index contributed by atoms with van der Waals surface area (Å²) in [5, 5.41) is 19.6. The first-order chi connectivity index (χ1) is 16.4. The second kappa shape index (κ2) is 10.1. The maximum Gasteiger partial charge on any atom is 0.256 e. The molecule has 8 nitrogen and oxygen atoms in total. The molecule has 1 fully saturated rings. The number of halogens is 1. The first kappa shape index (κ1) is 23.5. The number of aliphatic hydroxyl groups is 1. The highest BCUT2D eigenvalue weighted by atomic mass is 19.1. The normalized spacial score (nSPS) is 18.4. The minimum absolute atomic E-state index is 0.0897. The van der Waals surface area contributed by atoms with Gasteiger partial charge in [-0.25, -0.2) is 4.39 Å². The maximum atomic E-state index is 13.6. The molecule has 2 unspecified atom stereocenters. The molecule has 34 heavy (non-hydrogen) atoms. The molecule has 2 atom stereocenters. The number of ether oxygens (including phenoxy) is 1. The molecule has 176 valence electrons. The predicted molar refractivity (Wildman–Crippen MR) is 127 cm³/mol. The van der Waals surface area contributed by atoms with E-state index in [0.717, 1.165) is 11.9 Å². The Morgan fingerprint density at radius 1 is 1.29 bits per heavy atom. The number of hydrogen-bond donors (Lipinski definition) is 4. The second-order valence-corrected chi connectivity index (χ2v) is 8.19. The fourth-order valence-corrected chi connectivity index (χ4v) is 4.16. The van der Waals surface area contributed by atoms with E-state index in [2.05, 4.69) is 4.98 Å². The van der Waals surface area contributed by atoms with Crippen LogP contribution >= 0.6 is 0 Å². The molecule has 1 saturated heterocycles. The minimum atomic E-state index is -0.413. The van der Waals surface area contributed by atoms with Crippen LogP contribution in [0.1, 0.15) is 22.3 Å². The Morgan fingerprint density at radius 2 is 2.06 bits per heavy atom. The van der Waals surface area contributed by atoms with Crippen molar-refractivity contribution in [2.45, 2.75) is 18.6 Å². The summed E-state index contributed by atoms with van der Waals surface area (Å²) in [6, 6.07) is 12.3. The van der Waals surface area contributed by atoms with E-state index in [1.54, 1.807) is 53.9 Å². The van der Waals surface area contributed by atoms with Gasteiger partial charge >= 0.3 is 0 Å². The number of methoxy groups -OCH3 is 1. The zero-order valence-corrected chi connectivity index (χ0v) is 18.6. The van der Waals surface area contributed by atoms with E-state index in [1.807, 2.05) is 0 Å². The van der Waals surface area contributed by atoms with E-state index >= 15 is 0 Å². The SMILES string of the molecule is COC1CC(CO)N(C(=O)c2ccc([NH2+]C=C(C=N)c3cc4cc(F)ccc4[nH]c3=O)cc2)C1. The Bertz CT molecular complexity index is 1300. The van der Waals surface area contributed by atoms with Crippen LogP contribution in [0.4, 0.5) is 10.1 Å². The molecule has 2 heterocycles. The summed E-state index contributed by atoms with van der Waals surface area (Å²) in [6.45, 7) is 0.319. The Balaban J connectivity index is 1.52. The van der Waals surface area contributed by atoms with Crippen LogP contribution in [-0.2, 0) is 4.74 Å². The molecule has 3 aromatic rings. The van der Waals surface area contributed by atoms with Crippen LogP contribution in [0.15, 0.2) is 59.5 Å². The smallest absolute Gasteiger partial charge is 0.256 e. The summed E-state index contributed by atoms with van der Waals surface area (Å²) in [4.78, 5) is 29.7. The number of nitrogens with two attached hydrogens (primary N) is 1. The monoisotopic (exact) mass is 465 g/mol. The topological polar surface area (TPSA) is 123 Å². The number of hydrogen-bond acceptors (Lipinski definition) is 5. The maximum absolute atomic E-state index is 13.6. The fraction of sp³-hybridized carbons (Fsp3) is 0.240. The van der Waals surface area contributed by atoms with Crippen molar-refractivity contribution in [1.29, 1.82) is 5.41 Å². The highest BCUT2D eigenvalue weighted by Gasteiger charge is 2.35. The lowest BCUT2D eigenvalue weighted by Gasteiger charge is -2.22. The summed E-state index contributed by atoms with van der Waals surface area (Å²) in [6.07, 6.45) is 3.21. The van der Waals surface area contributed by atoms with Crippen LogP contribution in [0, 0.1) is 11.2 Å². The molecule has 0 bridgehead atoms. The molecule has 0 spiro atoms. The lowest BCUT2D eigenvalue weighted by Crippen LogP contribution is -2.71. The number of likely N-dealkylation sites (tertiary alicyclic amines) is 1. The number of carbonyl (C=O) groups excluding carboxylic acids is 1. The third-order valence-electron chi connectivity index (χ3n) is 6.07. The number of aliphatic hydroxyl groups excluding tert-OH is 1. The van der Waals surface area contributed by atoms with Crippen LogP contribution < -0.4 is 10.9 Å². The van der Waals surface area contributed by atoms with E-state index in [9.17, 15) is 19.1 Å². The largest absolute Gasteiger partial charge is 0.394 e. The number of rotatable bonds is 7. The Hall–Kier alpha value is -3.66. The molecule has 0 aliphatic carbocycles. The number of allylic oxidation sites excluding steroid dienone is 1. The number of aromatic nitrogens is 1. The number of H-pyrrole nitrogens is 1. The number of aromatic amines is 1. The van der Waals surface area contributed by atoms with E-state index in [1.165, 1.54) is 18.2 Å². The molecule has 5 N–H and O–H groups in total. The molecular formula is C25H26FN4O4+. The van der Waals surface area contributed by atoms with Gasteiger partial charge in [0.2, 0.25) is 0 Å². The number of fused-ring (bicyclic) bond motifs is 1. The number of nitrogens with one attached hydrogen (secondary N) is 2. The highest BCUT2D eigenvalue weighted by molar-refractivity contribution is 6.08. The lowest BCUT2D eigenvalue weighted by atomic mass is 10.1. The Labute approximate surface area is 195 Å². The quantitative estimate of drug-likeness (QED) is 0.314. The van der Waals surface area contributed by atoms with Gasteiger partial charge in [0.1, 0.15) is 17.7 Å². The number of carbonyl (C=O) groups is 1. The molecule has 0 radical (unpaired) electrons. The van der Waals surface area contributed by atoms with Gasteiger partial charge in [0.05, 0.1) is 29.9 Å². The molecule has 1 aromatic heterocycles. The van der Waals surface area contributed by atoms with Gasteiger partial charge in [-0.1, -0.05) is 0 Å². The van der Waals surface area contributed by atoms with E-state index in [0.29, 0.717) is 35.0 Å². The van der Waals surface area contributed by atoms with Crippen LogP contribution in [0.3, 0.4) is 0 Å². The van der Waals surface area contributed by atoms with Crippen LogP contribution in [-0.4, -0.2) is 59.5 Å². The van der Waals surface area contributed by atoms with Gasteiger partial charge < -0.3 is 25.1 Å². The Kier molecular flexibility index (Phi) is 6.97. The first-order valence-electron chi connectivity index (χ1n) is 10.9. The molecule has 9 heteroatoms. The van der Waals surface area contributed by atoms with Gasteiger partial charge in [0, 0.05) is 48.5 Å². The summed E-state index contributed by atoms with van der Waals surface area (Å²) in [5.41, 5.74) is 2.03. The van der Waals surface area contributed by atoms with Crippen molar-refractivity contribution >= 4 is 34.3 Å². The van der Waals surface area contributed by atoms with Crippen molar-refractivity contribution in [2.24, 2.45) is 0 Å². The van der Waals surface area contributed by atoms with Crippen molar-refractivity contribution in [2.75, 3.05) is 20.3 Å². The number of benzene rings is 2. The lowest BCUT2D eigenvalue weighted by molar-refractivity contribution is -0.495. The van der Waals surface area contributed by atoms with Crippen LogP contribution in [0.25, 0.3) is 16.5 Å². The molecule has 1 aliphatic heterocycles. The summed E-state index contributed by atoms with van der Waals surface area (Å²) >= 11 is 0. The highest BCUT2D eigenvalue weighted by Crippen LogP contribution is 2.22. The first-order valence-corrected chi connectivity index (χ1v) is 10.9. The van der Waals surface area contributed by atoms with E-state index in [4.69, 9.17) is 10.1 Å². The average molecular weight is 466 g/mol. The Morgan fingerprint density at radius 3 is 2.74 bits per heavy atom. The minimum Gasteiger partial charge on any atom is -0.394 e. The molecule has 4 rings (SSSR count). The zero-order chi connectivity index (χ0) is 24.2. The molecule has 2 aromatic carbocycles. The average Bonchev–Trinajstić information content (AvgIpc) is 3.28. The summed E-state index contributed by atoms with van der Waals surface area (Å²) < 4.78 is 18.9. The van der Waals surface area contributed by atoms with Crippen molar-refractivity contribution in [3.63, 3.8) is 0 Å². The summed E-state index contributed by atoms with van der Waals surface area (Å²) in [5.74, 6) is -0.583. The van der Waals surface area contributed by atoms with Gasteiger partial charge in [0.25, 0.3) is 11.5 Å². The zero-order valence-electron chi connectivity index (χ0n) is 18.6. The summed E-state index contributed by atoms with van der Waals surface area (Å²) in [7, 11) is 1.60. The van der Waals surface area contributed by atoms with Gasteiger partial charge in [0.15, 0.2) is 0 Å². The molecule has 1 amide bonds. The van der Waals surface area contributed by atoms with Gasteiger partial charge in [-0.15, -0.1) is 0 Å². The van der Waals surface area contributed by atoms with Crippen LogP contribution in [0.5, 0.6) is 0 Å². The van der Waals surface area contributed by atoms with Crippen molar-refractivity contribution in [3.8, 4) is 0 Å². The van der Waals surface area contributed by atoms with Crippen molar-refractivity contribution < 1.29 is 24.3 Å². The van der Waals surface area contributed by atoms with Gasteiger partial charge in [-0.3, -0.25) is 14.9 Å². The van der Waals surface area contributed by atoms with E-state index in [-0.39, 0.29) is 35.8 Å². The van der Waals surface area contributed by atoms with Gasteiger partial charge in [-0.05, 0) is 42.8 Å². The van der Waals surface area contributed by atoms with Gasteiger partial charge in [-0.2, -0.15) is 0 Å². The number of pyridine rings is 1.